The molecule has 7 rings (SSSR count). The van der Waals surface area contributed by atoms with Crippen LogP contribution in [0.15, 0.2) is 71.3 Å². The highest BCUT2D eigenvalue weighted by Crippen LogP contribution is 2.48. The fraction of sp³-hybridized carbons (Fsp3) is 0.424. The first kappa shape index (κ1) is 28.0. The van der Waals surface area contributed by atoms with Crippen molar-refractivity contribution >= 4 is 35.3 Å². The number of likely N-dealkylation sites (tertiary alicyclic amines) is 1. The summed E-state index contributed by atoms with van der Waals surface area (Å²) in [4.78, 5) is 44.3. The number of nitrogens with zero attached hydrogens (tertiary/aromatic N) is 2. The highest BCUT2D eigenvalue weighted by Gasteiger charge is 2.52. The van der Waals surface area contributed by atoms with Crippen LogP contribution in [0.3, 0.4) is 0 Å². The number of ether oxygens (including phenoxy) is 1. The number of para-hydroxylation sites is 1. The zero-order valence-electron chi connectivity index (χ0n) is 24.3. The Hall–Kier alpha value is -3.76. The van der Waals surface area contributed by atoms with Crippen molar-refractivity contribution in [3.05, 3.63) is 76.8 Å². The van der Waals surface area contributed by atoms with E-state index in [9.17, 15) is 14.4 Å². The van der Waals surface area contributed by atoms with Crippen LogP contribution >= 0.6 is 11.8 Å². The number of hydrogen-bond donors (Lipinski definition) is 3. The topological polar surface area (TPSA) is 103 Å². The lowest BCUT2D eigenvalue weighted by molar-refractivity contribution is -0.128. The molecule has 4 aliphatic heterocycles. The monoisotopic (exact) mass is 599 g/mol. The van der Waals surface area contributed by atoms with E-state index in [-0.39, 0.29) is 41.2 Å². The second-order valence-electron chi connectivity index (χ2n) is 12.1. The highest BCUT2D eigenvalue weighted by molar-refractivity contribution is 8.04. The third-order valence-corrected chi connectivity index (χ3v) is 10.3. The Morgan fingerprint density at radius 1 is 1.07 bits per heavy atom. The molecule has 9 nitrogen and oxygen atoms in total. The number of nitrogens with one attached hydrogen (secondary N) is 3. The molecule has 10 heteroatoms. The molecule has 0 aromatic heterocycles. The molecule has 4 atom stereocenters. The van der Waals surface area contributed by atoms with Gasteiger partial charge in [0.2, 0.25) is 5.91 Å². The first-order valence-corrected chi connectivity index (χ1v) is 16.2. The van der Waals surface area contributed by atoms with Crippen molar-refractivity contribution in [1.29, 1.82) is 0 Å². The smallest absolute Gasteiger partial charge is 0.326 e. The molecule has 3 saturated heterocycles. The number of carbonyl (C=O) groups is 3. The van der Waals surface area contributed by atoms with Gasteiger partial charge in [-0.05, 0) is 93.5 Å². The van der Waals surface area contributed by atoms with E-state index in [2.05, 4.69) is 16.0 Å². The van der Waals surface area contributed by atoms with Gasteiger partial charge in [-0.15, -0.1) is 0 Å². The molecular formula is C33H37N5O4S. The van der Waals surface area contributed by atoms with Crippen molar-refractivity contribution < 1.29 is 19.1 Å². The lowest BCUT2D eigenvalue weighted by Crippen LogP contribution is -2.62. The maximum atomic E-state index is 13.7. The third kappa shape index (κ3) is 5.78. The van der Waals surface area contributed by atoms with Crippen molar-refractivity contribution in [2.75, 3.05) is 24.5 Å². The van der Waals surface area contributed by atoms with E-state index in [4.69, 9.17) is 4.74 Å². The van der Waals surface area contributed by atoms with E-state index < -0.39 is 0 Å². The molecule has 43 heavy (non-hydrogen) atoms. The molecule has 224 valence electrons. The van der Waals surface area contributed by atoms with E-state index in [0.29, 0.717) is 35.4 Å². The van der Waals surface area contributed by atoms with Crippen LogP contribution in [0.5, 0.6) is 11.5 Å². The molecule has 3 N–H and O–H groups in total. The molecule has 2 aromatic carbocycles. The van der Waals surface area contributed by atoms with Gasteiger partial charge in [-0.1, -0.05) is 36.0 Å². The Labute approximate surface area is 256 Å². The van der Waals surface area contributed by atoms with Gasteiger partial charge in [0.25, 0.3) is 5.91 Å². The SMILES string of the molecule is Cc1cc(Oc2ccccc2)ccc1N1C(=O)NC2=C(C(=O)N[C@@H]3CCCN(C(=O)/C=C/C4CC4)C3)SC3NCCC1C23. The van der Waals surface area contributed by atoms with E-state index in [1.165, 1.54) is 24.6 Å². The first-order valence-electron chi connectivity index (χ1n) is 15.3. The van der Waals surface area contributed by atoms with Gasteiger partial charge in [0, 0.05) is 36.4 Å². The second kappa shape index (κ2) is 11.7. The van der Waals surface area contributed by atoms with Crippen LogP contribution in [-0.2, 0) is 9.59 Å². The van der Waals surface area contributed by atoms with E-state index >= 15 is 0 Å². The summed E-state index contributed by atoms with van der Waals surface area (Å²) in [5.41, 5.74) is 2.50. The number of urea groups is 1. The van der Waals surface area contributed by atoms with Crippen molar-refractivity contribution in [1.82, 2.24) is 20.9 Å². The fourth-order valence-electron chi connectivity index (χ4n) is 6.65. The van der Waals surface area contributed by atoms with Crippen molar-refractivity contribution in [3.63, 3.8) is 0 Å². The average molecular weight is 600 g/mol. The van der Waals surface area contributed by atoms with Crippen LogP contribution in [-0.4, -0.2) is 59.8 Å². The average Bonchev–Trinajstić information content (AvgIpc) is 3.77. The number of thioether (sulfide) groups is 1. The summed E-state index contributed by atoms with van der Waals surface area (Å²) in [6, 6.07) is 15.0. The molecule has 2 aromatic rings. The largest absolute Gasteiger partial charge is 0.457 e. The number of benzene rings is 2. The number of allylic oxidation sites excluding steroid dienone is 1. The summed E-state index contributed by atoms with van der Waals surface area (Å²) in [5, 5.41) is 9.86. The molecule has 3 unspecified atom stereocenters. The van der Waals surface area contributed by atoms with Crippen LogP contribution in [0.4, 0.5) is 10.5 Å². The molecule has 0 radical (unpaired) electrons. The fourth-order valence-corrected chi connectivity index (χ4v) is 8.05. The molecule has 1 saturated carbocycles. The maximum absolute atomic E-state index is 13.7. The standard InChI is InChI=1S/C33H37N5O4S/c1-20-18-24(42-23-7-3-2-4-8-23)12-13-25(20)38-26-15-16-34-32-28(26)29(36-33(38)41)30(43-32)31(40)35-22-6-5-17-37(19-22)27(39)14-11-21-9-10-21/h2-4,7-8,11-14,18,21-22,26,28,32,34H,5-6,9-10,15-17,19H2,1H3,(H,35,40)(H,36,41)/b14-11+/t22-,26?,28?,32?/m1/s1. The number of anilines is 1. The highest BCUT2D eigenvalue weighted by atomic mass is 32.2. The van der Waals surface area contributed by atoms with Gasteiger partial charge in [0.1, 0.15) is 11.5 Å². The normalized spacial score (nSPS) is 26.8. The van der Waals surface area contributed by atoms with Crippen molar-refractivity contribution in [3.8, 4) is 11.5 Å². The second-order valence-corrected chi connectivity index (χ2v) is 13.2. The molecule has 4 fully saturated rings. The Morgan fingerprint density at radius 2 is 1.91 bits per heavy atom. The van der Waals surface area contributed by atoms with Gasteiger partial charge in [-0.2, -0.15) is 0 Å². The lowest BCUT2D eigenvalue weighted by atomic mass is 9.86. The number of amides is 4. The van der Waals surface area contributed by atoms with Gasteiger partial charge >= 0.3 is 6.03 Å². The van der Waals surface area contributed by atoms with Crippen LogP contribution in [0.25, 0.3) is 0 Å². The maximum Gasteiger partial charge on any atom is 0.326 e. The molecule has 0 spiro atoms. The minimum Gasteiger partial charge on any atom is -0.457 e. The van der Waals surface area contributed by atoms with Crippen LogP contribution < -0.4 is 25.6 Å². The summed E-state index contributed by atoms with van der Waals surface area (Å²) >= 11 is 1.50. The van der Waals surface area contributed by atoms with Crippen molar-refractivity contribution in [2.45, 2.75) is 56.5 Å². The summed E-state index contributed by atoms with van der Waals surface area (Å²) in [6.45, 7) is 3.97. The van der Waals surface area contributed by atoms with Crippen LogP contribution in [0.1, 0.15) is 37.7 Å². The molecule has 4 amide bonds. The molecule has 1 aliphatic carbocycles. The van der Waals surface area contributed by atoms with Crippen molar-refractivity contribution in [2.24, 2.45) is 11.8 Å². The minimum atomic E-state index is -0.221. The first-order chi connectivity index (χ1) is 20.9. The van der Waals surface area contributed by atoms with Crippen LogP contribution in [0, 0.1) is 18.8 Å². The zero-order chi connectivity index (χ0) is 29.5. The Balaban J connectivity index is 1.07. The summed E-state index contributed by atoms with van der Waals surface area (Å²) < 4.78 is 6.02. The number of carbonyl (C=O) groups excluding carboxylic acids is 3. The predicted molar refractivity (Wildman–Crippen MR) is 167 cm³/mol. The Kier molecular flexibility index (Phi) is 7.65. The Morgan fingerprint density at radius 3 is 2.70 bits per heavy atom. The van der Waals surface area contributed by atoms with E-state index in [0.717, 1.165) is 42.8 Å². The molecule has 5 aliphatic rings. The summed E-state index contributed by atoms with van der Waals surface area (Å²) in [7, 11) is 0. The van der Waals surface area contributed by atoms with Gasteiger partial charge in [0.15, 0.2) is 0 Å². The molecular weight excluding hydrogens is 562 g/mol. The minimum absolute atomic E-state index is 0.00409. The third-order valence-electron chi connectivity index (χ3n) is 8.96. The van der Waals surface area contributed by atoms with Gasteiger partial charge in [-0.3, -0.25) is 14.5 Å². The summed E-state index contributed by atoms with van der Waals surface area (Å²) in [6.07, 6.45) is 8.50. The van der Waals surface area contributed by atoms with Gasteiger partial charge in [-0.25, -0.2) is 4.79 Å². The van der Waals surface area contributed by atoms with E-state index in [1.54, 1.807) is 6.08 Å². The summed E-state index contributed by atoms with van der Waals surface area (Å²) in [5.74, 6) is 1.84. The van der Waals surface area contributed by atoms with E-state index in [1.807, 2.05) is 71.3 Å². The van der Waals surface area contributed by atoms with Gasteiger partial charge < -0.3 is 25.6 Å². The predicted octanol–water partition coefficient (Wildman–Crippen LogP) is 4.65. The zero-order valence-corrected chi connectivity index (χ0v) is 25.1. The Bertz CT molecular complexity index is 1490. The molecule has 0 bridgehead atoms. The number of aryl methyl sites for hydroxylation is 1. The number of rotatable bonds is 7. The number of hydrogen-bond acceptors (Lipinski definition) is 6. The van der Waals surface area contributed by atoms with Crippen LogP contribution in [0.2, 0.25) is 0 Å². The lowest BCUT2D eigenvalue weighted by Gasteiger charge is -2.46. The number of piperidine rings is 2. The quantitative estimate of drug-likeness (QED) is 0.401. The van der Waals surface area contributed by atoms with Gasteiger partial charge in [0.05, 0.1) is 16.3 Å². The molecule has 4 heterocycles.